The number of fused-ring (bicyclic) bond motifs is 3. The van der Waals surface area contributed by atoms with E-state index in [1.165, 1.54) is 48.5 Å². The Balaban J connectivity index is 1.13. The van der Waals surface area contributed by atoms with Crippen molar-refractivity contribution in [1.82, 2.24) is 0 Å². The highest BCUT2D eigenvalue weighted by atomic mass is 32.1. The second-order valence-electron chi connectivity index (χ2n) is 11.1. The van der Waals surface area contributed by atoms with Gasteiger partial charge >= 0.3 is 0 Å². The fraction of sp³-hybridized carbons (Fsp3) is 0.150. The van der Waals surface area contributed by atoms with Crippen molar-refractivity contribution < 1.29 is 0 Å². The lowest BCUT2D eigenvalue weighted by Gasteiger charge is -2.25. The number of hydrogen-bond acceptors (Lipinski definition) is 2. The molecule has 0 saturated carbocycles. The Morgan fingerprint density at radius 1 is 0.929 bits per heavy atom. The predicted molar refractivity (Wildman–Crippen MR) is 186 cm³/mol. The average Bonchev–Trinajstić information content (AvgIpc) is 3.41. The van der Waals surface area contributed by atoms with E-state index in [9.17, 15) is 0 Å². The minimum atomic E-state index is 0.498. The molecule has 3 aromatic carbocycles. The van der Waals surface area contributed by atoms with Crippen LogP contribution in [-0.4, -0.2) is 0 Å². The van der Waals surface area contributed by atoms with E-state index < -0.39 is 0 Å². The smallest absolute Gasteiger partial charge is 0.0382 e. The van der Waals surface area contributed by atoms with Crippen LogP contribution in [0.15, 0.2) is 139 Å². The molecule has 6 rings (SSSR count). The van der Waals surface area contributed by atoms with Crippen molar-refractivity contribution in [2.75, 3.05) is 5.32 Å². The van der Waals surface area contributed by atoms with E-state index >= 15 is 0 Å². The van der Waals surface area contributed by atoms with Crippen molar-refractivity contribution in [3.8, 4) is 0 Å². The molecular formula is C40H37NS. The van der Waals surface area contributed by atoms with Gasteiger partial charge in [-0.15, -0.1) is 11.3 Å². The summed E-state index contributed by atoms with van der Waals surface area (Å²) >= 11 is 1.97. The zero-order valence-electron chi connectivity index (χ0n) is 24.4. The van der Waals surface area contributed by atoms with Crippen LogP contribution < -0.4 is 5.32 Å². The topological polar surface area (TPSA) is 12.0 Å². The first-order valence-corrected chi connectivity index (χ1v) is 15.6. The molecule has 2 aliphatic carbocycles. The van der Waals surface area contributed by atoms with E-state index in [2.05, 4.69) is 147 Å². The first-order chi connectivity index (χ1) is 20.6. The Hall–Kier alpha value is -4.40. The van der Waals surface area contributed by atoms with Crippen LogP contribution in [0.1, 0.15) is 59.2 Å². The van der Waals surface area contributed by atoms with Crippen LogP contribution in [0.4, 0.5) is 5.69 Å². The van der Waals surface area contributed by atoms with Gasteiger partial charge in [0.2, 0.25) is 0 Å². The summed E-state index contributed by atoms with van der Waals surface area (Å²) < 4.78 is 1.40. The Labute approximate surface area is 254 Å². The van der Waals surface area contributed by atoms with Crippen LogP contribution in [0.3, 0.4) is 0 Å². The van der Waals surface area contributed by atoms with Gasteiger partial charge in [-0.25, -0.2) is 0 Å². The lowest BCUT2D eigenvalue weighted by Crippen LogP contribution is -2.09. The van der Waals surface area contributed by atoms with E-state index in [1.807, 2.05) is 17.4 Å². The molecular weight excluding hydrogens is 527 g/mol. The fourth-order valence-electron chi connectivity index (χ4n) is 6.02. The monoisotopic (exact) mass is 563 g/mol. The standard InChI is InChI=1S/C40H37NS/c1-4-11-30(14-9-13-29(3)35-15-6-5-12-28(35)2)31-20-24-33(25-21-31)41-34-26-22-32(23-27-34)36-17-10-18-38-37-16-7-8-19-39(37)42-40(36)38/h4-16,18-22,24-26,36,41H,1,17,23,27H2,2-3H3/b14-9-,29-13+,30-11-. The molecule has 1 unspecified atom stereocenters. The molecule has 42 heavy (non-hydrogen) atoms. The van der Waals surface area contributed by atoms with Gasteiger partial charge in [0, 0.05) is 26.9 Å². The molecule has 0 radical (unpaired) electrons. The molecule has 2 heteroatoms. The molecule has 1 heterocycles. The first kappa shape index (κ1) is 27.8. The third-order valence-corrected chi connectivity index (χ3v) is 9.58. The van der Waals surface area contributed by atoms with Gasteiger partial charge in [0.1, 0.15) is 0 Å². The fourth-order valence-corrected chi connectivity index (χ4v) is 7.37. The molecule has 2 aliphatic rings. The zero-order chi connectivity index (χ0) is 28.9. The Morgan fingerprint density at radius 3 is 2.52 bits per heavy atom. The maximum atomic E-state index is 3.93. The van der Waals surface area contributed by atoms with Gasteiger partial charge in [0.15, 0.2) is 0 Å². The number of allylic oxidation sites excluding steroid dienone is 12. The van der Waals surface area contributed by atoms with Crippen molar-refractivity contribution in [2.24, 2.45) is 0 Å². The molecule has 1 atom stereocenters. The molecule has 1 nitrogen and oxygen atoms in total. The largest absolute Gasteiger partial charge is 0.359 e. The number of rotatable bonds is 8. The summed E-state index contributed by atoms with van der Waals surface area (Å²) in [5.74, 6) is 0.498. The van der Waals surface area contributed by atoms with Gasteiger partial charge in [0.25, 0.3) is 0 Å². The Morgan fingerprint density at radius 2 is 1.74 bits per heavy atom. The highest BCUT2D eigenvalue weighted by molar-refractivity contribution is 7.19. The summed E-state index contributed by atoms with van der Waals surface area (Å²) in [5.41, 5.74) is 11.5. The molecule has 0 saturated heterocycles. The van der Waals surface area contributed by atoms with Crippen molar-refractivity contribution in [2.45, 2.75) is 39.0 Å². The van der Waals surface area contributed by atoms with E-state index in [0.717, 1.165) is 30.5 Å². The maximum Gasteiger partial charge on any atom is 0.0382 e. The molecule has 208 valence electrons. The van der Waals surface area contributed by atoms with Crippen LogP contribution in [0.2, 0.25) is 0 Å². The predicted octanol–water partition coefficient (Wildman–Crippen LogP) is 11.7. The quantitative estimate of drug-likeness (QED) is 0.210. The highest BCUT2D eigenvalue weighted by Crippen LogP contribution is 2.46. The second kappa shape index (κ2) is 12.6. The molecule has 1 N–H and O–H groups in total. The van der Waals surface area contributed by atoms with Crippen LogP contribution in [0.5, 0.6) is 0 Å². The van der Waals surface area contributed by atoms with Gasteiger partial charge in [-0.2, -0.15) is 0 Å². The van der Waals surface area contributed by atoms with Crippen molar-refractivity contribution >= 4 is 44.3 Å². The number of hydrogen-bond donors (Lipinski definition) is 1. The molecule has 1 aromatic heterocycles. The average molecular weight is 564 g/mol. The summed E-state index contributed by atoms with van der Waals surface area (Å²) in [6.45, 7) is 8.25. The number of thiophene rings is 1. The Bertz CT molecular complexity index is 1800. The summed E-state index contributed by atoms with van der Waals surface area (Å²) in [6, 6.07) is 26.0. The summed E-state index contributed by atoms with van der Waals surface area (Å²) in [5, 5.41) is 5.06. The highest BCUT2D eigenvalue weighted by Gasteiger charge is 2.25. The van der Waals surface area contributed by atoms with Crippen molar-refractivity contribution in [3.05, 3.63) is 166 Å². The van der Waals surface area contributed by atoms with Gasteiger partial charge in [0.05, 0.1) is 0 Å². The zero-order valence-corrected chi connectivity index (χ0v) is 25.3. The lowest BCUT2D eigenvalue weighted by molar-refractivity contribution is 0.742. The van der Waals surface area contributed by atoms with Crippen LogP contribution in [0, 0.1) is 6.92 Å². The number of benzene rings is 3. The molecule has 0 spiro atoms. The van der Waals surface area contributed by atoms with Gasteiger partial charge in [-0.05, 0) is 96.2 Å². The maximum absolute atomic E-state index is 3.93. The number of aryl methyl sites for hydroxylation is 1. The minimum Gasteiger partial charge on any atom is -0.359 e. The van der Waals surface area contributed by atoms with Gasteiger partial charge in [-0.1, -0.05) is 115 Å². The molecule has 0 aliphatic heterocycles. The SMILES string of the molecule is C=C/C=C(/C=C\C=C(/C)c1ccccc1C)c1ccc(NC2=CC=C(C3CC=Cc4c3sc3ccccc43)CC2)cc1. The van der Waals surface area contributed by atoms with E-state index in [0.29, 0.717) is 5.92 Å². The second-order valence-corrected chi connectivity index (χ2v) is 12.2. The van der Waals surface area contributed by atoms with Crippen LogP contribution >= 0.6 is 11.3 Å². The van der Waals surface area contributed by atoms with Crippen LogP contribution in [-0.2, 0) is 0 Å². The van der Waals surface area contributed by atoms with Gasteiger partial charge < -0.3 is 5.32 Å². The van der Waals surface area contributed by atoms with Crippen LogP contribution in [0.25, 0.3) is 27.3 Å². The molecule has 0 fully saturated rings. The molecule has 0 amide bonds. The van der Waals surface area contributed by atoms with Crippen molar-refractivity contribution in [1.29, 1.82) is 0 Å². The summed E-state index contributed by atoms with van der Waals surface area (Å²) in [6.07, 6.45) is 22.9. The lowest BCUT2D eigenvalue weighted by atomic mass is 9.83. The van der Waals surface area contributed by atoms with Gasteiger partial charge in [-0.3, -0.25) is 0 Å². The van der Waals surface area contributed by atoms with E-state index in [-0.39, 0.29) is 0 Å². The van der Waals surface area contributed by atoms with E-state index in [4.69, 9.17) is 0 Å². The van der Waals surface area contributed by atoms with Crippen molar-refractivity contribution in [3.63, 3.8) is 0 Å². The first-order valence-electron chi connectivity index (χ1n) is 14.8. The minimum absolute atomic E-state index is 0.498. The third-order valence-electron chi connectivity index (χ3n) is 8.28. The number of nitrogens with one attached hydrogen (secondary N) is 1. The normalized spacial score (nSPS) is 17.2. The molecule has 0 bridgehead atoms. The summed E-state index contributed by atoms with van der Waals surface area (Å²) in [7, 11) is 0. The number of anilines is 1. The third kappa shape index (κ3) is 5.95. The summed E-state index contributed by atoms with van der Waals surface area (Å²) in [4.78, 5) is 1.53. The van der Waals surface area contributed by atoms with E-state index in [1.54, 1.807) is 5.57 Å². The Kier molecular flexibility index (Phi) is 8.35. The molecule has 4 aromatic rings.